The van der Waals surface area contributed by atoms with E-state index in [1.165, 1.54) is 12.3 Å². The van der Waals surface area contributed by atoms with Crippen molar-refractivity contribution in [1.29, 1.82) is 0 Å². The molecule has 0 aliphatic carbocycles. The Labute approximate surface area is 96.9 Å². The van der Waals surface area contributed by atoms with E-state index < -0.39 is 0 Å². The summed E-state index contributed by atoms with van der Waals surface area (Å²) in [6.07, 6.45) is 1.46. The molecule has 0 radical (unpaired) electrons. The van der Waals surface area contributed by atoms with Gasteiger partial charge in [0.15, 0.2) is 11.4 Å². The Morgan fingerprint density at radius 2 is 1.94 bits per heavy atom. The molecule has 0 saturated heterocycles. The highest BCUT2D eigenvalue weighted by molar-refractivity contribution is 5.94. The molecule has 3 aromatic rings. The molecule has 0 spiro atoms. The lowest BCUT2D eigenvalue weighted by atomic mass is 10.0. The molecule has 0 saturated carbocycles. The van der Waals surface area contributed by atoms with E-state index in [4.69, 9.17) is 4.42 Å². The summed E-state index contributed by atoms with van der Waals surface area (Å²) in [5.74, 6) is -0.197. The number of phenolic OH excluding ortho intramolecular Hbond substituents is 1. The molecule has 0 unspecified atom stereocenters. The largest absolute Gasteiger partial charge is 0.508 e. The third-order valence-corrected chi connectivity index (χ3v) is 2.73. The van der Waals surface area contributed by atoms with Gasteiger partial charge in [-0.25, -0.2) is 4.39 Å². The van der Waals surface area contributed by atoms with E-state index >= 15 is 0 Å². The summed E-state index contributed by atoms with van der Waals surface area (Å²) in [5.41, 5.74) is 1.91. The van der Waals surface area contributed by atoms with Gasteiger partial charge in [0, 0.05) is 5.39 Å². The standard InChI is InChI=1S/C14H9FO2/c15-13-5-4-11(12-6-7-17-14(12)13)9-2-1-3-10(16)8-9/h1-8,16H. The van der Waals surface area contributed by atoms with Crippen molar-refractivity contribution < 1.29 is 13.9 Å². The zero-order valence-electron chi connectivity index (χ0n) is 8.85. The van der Waals surface area contributed by atoms with Crippen LogP contribution in [0.4, 0.5) is 4.39 Å². The molecule has 84 valence electrons. The van der Waals surface area contributed by atoms with Crippen LogP contribution >= 0.6 is 0 Å². The van der Waals surface area contributed by atoms with Crippen LogP contribution in [0, 0.1) is 5.82 Å². The summed E-state index contributed by atoms with van der Waals surface area (Å²) >= 11 is 0. The minimum atomic E-state index is -0.381. The highest BCUT2D eigenvalue weighted by Crippen LogP contribution is 2.32. The van der Waals surface area contributed by atoms with E-state index in [0.29, 0.717) is 5.39 Å². The average Bonchev–Trinajstić information content (AvgIpc) is 2.79. The van der Waals surface area contributed by atoms with Gasteiger partial charge >= 0.3 is 0 Å². The second kappa shape index (κ2) is 3.63. The minimum Gasteiger partial charge on any atom is -0.508 e. The summed E-state index contributed by atoms with van der Waals surface area (Å²) in [6.45, 7) is 0. The highest BCUT2D eigenvalue weighted by atomic mass is 19.1. The van der Waals surface area contributed by atoms with Gasteiger partial charge < -0.3 is 9.52 Å². The molecule has 1 heterocycles. The van der Waals surface area contributed by atoms with Crippen LogP contribution in [0.15, 0.2) is 53.1 Å². The normalized spacial score (nSPS) is 10.9. The Morgan fingerprint density at radius 3 is 2.76 bits per heavy atom. The van der Waals surface area contributed by atoms with E-state index in [-0.39, 0.29) is 17.1 Å². The number of phenols is 1. The lowest BCUT2D eigenvalue weighted by Gasteiger charge is -2.04. The molecule has 3 rings (SSSR count). The average molecular weight is 228 g/mol. The van der Waals surface area contributed by atoms with Crippen molar-refractivity contribution in [2.45, 2.75) is 0 Å². The number of furan rings is 1. The number of hydrogen-bond donors (Lipinski definition) is 1. The SMILES string of the molecule is Oc1cccc(-c2ccc(F)c3occc23)c1. The predicted molar refractivity (Wildman–Crippen MR) is 63.3 cm³/mol. The Hall–Kier alpha value is -2.29. The molecule has 2 aromatic carbocycles. The summed E-state index contributed by atoms with van der Waals surface area (Å²) in [7, 11) is 0. The fourth-order valence-corrected chi connectivity index (χ4v) is 1.95. The third kappa shape index (κ3) is 1.56. The second-order valence-corrected chi connectivity index (χ2v) is 3.81. The van der Waals surface area contributed by atoms with Gasteiger partial charge in [0.2, 0.25) is 0 Å². The van der Waals surface area contributed by atoms with E-state index in [1.807, 2.05) is 6.07 Å². The molecule has 3 heteroatoms. The Balaban J connectivity index is 2.31. The molecule has 0 bridgehead atoms. The van der Waals surface area contributed by atoms with Crippen molar-refractivity contribution >= 4 is 11.0 Å². The predicted octanol–water partition coefficient (Wildman–Crippen LogP) is 3.94. The van der Waals surface area contributed by atoms with Gasteiger partial charge in [-0.15, -0.1) is 0 Å². The van der Waals surface area contributed by atoms with Crippen LogP contribution in [0.2, 0.25) is 0 Å². The zero-order valence-corrected chi connectivity index (χ0v) is 8.85. The Bertz CT molecular complexity index is 686. The molecule has 0 fully saturated rings. The summed E-state index contributed by atoms with van der Waals surface area (Å²) < 4.78 is 18.6. The van der Waals surface area contributed by atoms with Crippen LogP contribution in [-0.4, -0.2) is 5.11 Å². The Morgan fingerprint density at radius 1 is 1.06 bits per heavy atom. The zero-order chi connectivity index (χ0) is 11.8. The van der Waals surface area contributed by atoms with Crippen molar-refractivity contribution in [1.82, 2.24) is 0 Å². The van der Waals surface area contributed by atoms with Crippen molar-refractivity contribution in [3.63, 3.8) is 0 Å². The summed E-state index contributed by atoms with van der Waals surface area (Å²) in [5, 5.41) is 10.2. The van der Waals surface area contributed by atoms with Crippen LogP contribution in [0.25, 0.3) is 22.1 Å². The van der Waals surface area contributed by atoms with Gasteiger partial charge in [-0.2, -0.15) is 0 Å². The quantitative estimate of drug-likeness (QED) is 0.684. The number of hydrogen-bond acceptors (Lipinski definition) is 2. The van der Waals surface area contributed by atoms with E-state index in [2.05, 4.69) is 0 Å². The van der Waals surface area contributed by atoms with Crippen LogP contribution in [0.3, 0.4) is 0 Å². The minimum absolute atomic E-state index is 0.184. The first kappa shape index (κ1) is 9.90. The number of fused-ring (bicyclic) bond motifs is 1. The van der Waals surface area contributed by atoms with Gasteiger partial charge in [-0.05, 0) is 35.4 Å². The maximum atomic E-state index is 13.5. The summed E-state index contributed by atoms with van der Waals surface area (Å²) in [4.78, 5) is 0. The fraction of sp³-hybridized carbons (Fsp3) is 0. The third-order valence-electron chi connectivity index (χ3n) is 2.73. The molecule has 1 aromatic heterocycles. The first-order chi connectivity index (χ1) is 8.25. The topological polar surface area (TPSA) is 33.4 Å². The first-order valence-electron chi connectivity index (χ1n) is 5.21. The van der Waals surface area contributed by atoms with Crippen molar-refractivity contribution in [3.05, 3.63) is 54.5 Å². The van der Waals surface area contributed by atoms with Crippen LogP contribution in [0.1, 0.15) is 0 Å². The molecule has 2 nitrogen and oxygen atoms in total. The molecule has 0 amide bonds. The molecule has 0 aliphatic rings. The highest BCUT2D eigenvalue weighted by Gasteiger charge is 2.10. The van der Waals surface area contributed by atoms with Crippen LogP contribution in [0.5, 0.6) is 5.75 Å². The maximum absolute atomic E-state index is 13.5. The monoisotopic (exact) mass is 228 g/mol. The van der Waals surface area contributed by atoms with Gasteiger partial charge in [-0.1, -0.05) is 18.2 Å². The molecule has 1 N–H and O–H groups in total. The fourth-order valence-electron chi connectivity index (χ4n) is 1.95. The first-order valence-corrected chi connectivity index (χ1v) is 5.21. The van der Waals surface area contributed by atoms with Crippen molar-refractivity contribution in [3.8, 4) is 16.9 Å². The Kier molecular flexibility index (Phi) is 2.11. The number of halogens is 1. The smallest absolute Gasteiger partial charge is 0.170 e. The van der Waals surface area contributed by atoms with Crippen molar-refractivity contribution in [2.75, 3.05) is 0 Å². The van der Waals surface area contributed by atoms with E-state index in [9.17, 15) is 9.50 Å². The van der Waals surface area contributed by atoms with Crippen LogP contribution < -0.4 is 0 Å². The van der Waals surface area contributed by atoms with Gasteiger partial charge in [-0.3, -0.25) is 0 Å². The number of aromatic hydroxyl groups is 1. The summed E-state index contributed by atoms with van der Waals surface area (Å²) in [6, 6.07) is 11.6. The molecule has 0 atom stereocenters. The molecule has 0 aliphatic heterocycles. The maximum Gasteiger partial charge on any atom is 0.170 e. The number of benzene rings is 2. The van der Waals surface area contributed by atoms with E-state index in [0.717, 1.165) is 11.1 Å². The lowest BCUT2D eigenvalue weighted by Crippen LogP contribution is -1.81. The second-order valence-electron chi connectivity index (χ2n) is 3.81. The molecule has 17 heavy (non-hydrogen) atoms. The van der Waals surface area contributed by atoms with Gasteiger partial charge in [0.05, 0.1) is 6.26 Å². The van der Waals surface area contributed by atoms with Crippen molar-refractivity contribution in [2.24, 2.45) is 0 Å². The number of rotatable bonds is 1. The molecular weight excluding hydrogens is 219 g/mol. The lowest BCUT2D eigenvalue weighted by molar-refractivity contribution is 0.475. The van der Waals surface area contributed by atoms with Gasteiger partial charge in [0.1, 0.15) is 5.75 Å². The van der Waals surface area contributed by atoms with Crippen LogP contribution in [-0.2, 0) is 0 Å². The van der Waals surface area contributed by atoms with Gasteiger partial charge in [0.25, 0.3) is 0 Å². The molecular formula is C14H9FO2. The van der Waals surface area contributed by atoms with E-state index in [1.54, 1.807) is 30.3 Å².